The fourth-order valence-corrected chi connectivity index (χ4v) is 0.153. The predicted molar refractivity (Wildman–Crippen MR) is 27.9 cm³/mol. The van der Waals surface area contributed by atoms with Crippen molar-refractivity contribution >= 4 is 0 Å². The van der Waals surface area contributed by atoms with Crippen LogP contribution in [-0.4, -0.2) is 22.9 Å². The monoisotopic (exact) mass is 104 g/mol. The highest BCUT2D eigenvalue weighted by Gasteiger charge is 2.04. The lowest BCUT2D eigenvalue weighted by atomic mass is 10.1. The summed E-state index contributed by atoms with van der Waals surface area (Å²) in [7, 11) is 0. The number of hydrogen-bond donors (Lipinski definition) is 2. The van der Waals surface area contributed by atoms with Gasteiger partial charge < -0.3 is 10.2 Å². The first kappa shape index (κ1) is 6.92. The molecule has 0 saturated carbocycles. The summed E-state index contributed by atoms with van der Waals surface area (Å²) in [6.45, 7) is 3.53. The molecule has 0 aromatic carbocycles. The molecule has 0 radical (unpaired) electrons. The molecule has 0 aliphatic carbocycles. The van der Waals surface area contributed by atoms with Gasteiger partial charge in [-0.3, -0.25) is 0 Å². The van der Waals surface area contributed by atoms with Gasteiger partial charge in [-0.1, -0.05) is 6.92 Å². The maximum atomic E-state index is 8.66. The summed E-state index contributed by atoms with van der Waals surface area (Å²) < 4.78 is 0. The molecule has 7 heavy (non-hydrogen) atoms. The quantitative estimate of drug-likeness (QED) is 0.517. The largest absolute Gasteiger partial charge is 0.396 e. The van der Waals surface area contributed by atoms with Crippen LogP contribution in [0.15, 0.2) is 0 Å². The van der Waals surface area contributed by atoms with Gasteiger partial charge in [-0.25, -0.2) is 0 Å². The lowest BCUT2D eigenvalue weighted by Gasteiger charge is -2.08. The molecule has 0 bridgehead atoms. The van der Waals surface area contributed by atoms with E-state index in [1.54, 1.807) is 13.8 Å². The molecule has 0 aliphatic heterocycles. The van der Waals surface area contributed by atoms with E-state index < -0.39 is 0 Å². The van der Waals surface area contributed by atoms with Crippen molar-refractivity contribution in [2.75, 3.05) is 6.61 Å². The Bertz CT molecular complexity index is 43.3. The van der Waals surface area contributed by atoms with E-state index in [2.05, 4.69) is 0 Å². The lowest BCUT2D eigenvalue weighted by molar-refractivity contribution is 0.0913. The molecule has 2 nitrogen and oxygen atoms in total. The molecule has 0 amide bonds. The van der Waals surface area contributed by atoms with Crippen molar-refractivity contribution in [1.29, 1.82) is 0 Å². The Balaban J connectivity index is 3.14. The zero-order valence-corrected chi connectivity index (χ0v) is 4.76. The topological polar surface area (TPSA) is 40.5 Å². The van der Waals surface area contributed by atoms with Gasteiger partial charge in [0.15, 0.2) is 0 Å². The van der Waals surface area contributed by atoms with Crippen LogP contribution in [-0.2, 0) is 0 Å². The van der Waals surface area contributed by atoms with Gasteiger partial charge in [0, 0.05) is 12.5 Å². The molecule has 2 atom stereocenters. The van der Waals surface area contributed by atoms with Crippen molar-refractivity contribution in [2.45, 2.75) is 20.0 Å². The molecule has 1 unspecified atom stereocenters. The minimum absolute atomic E-state index is 0.0139. The van der Waals surface area contributed by atoms with Gasteiger partial charge in [0.05, 0.1) is 6.10 Å². The second kappa shape index (κ2) is 2.99. The average Bonchev–Trinajstić information content (AvgIpc) is 1.65. The van der Waals surface area contributed by atoms with Crippen LogP contribution in [0.25, 0.3) is 0 Å². The molecular formula is C5H12O2. The number of aliphatic hydroxyl groups excluding tert-OH is 2. The van der Waals surface area contributed by atoms with Gasteiger partial charge in [0.2, 0.25) is 0 Å². The third-order valence-corrected chi connectivity index (χ3v) is 1.11. The summed E-state index contributed by atoms with van der Waals surface area (Å²) in [6.07, 6.45) is -0.384. The Morgan fingerprint density at radius 1 is 1.43 bits per heavy atom. The zero-order valence-electron chi connectivity index (χ0n) is 4.76. The highest BCUT2D eigenvalue weighted by molar-refractivity contribution is 4.54. The van der Waals surface area contributed by atoms with E-state index in [0.717, 1.165) is 0 Å². The Kier molecular flexibility index (Phi) is 2.96. The Labute approximate surface area is 43.8 Å². The lowest BCUT2D eigenvalue weighted by Crippen LogP contribution is -2.16. The van der Waals surface area contributed by atoms with Gasteiger partial charge in [0.25, 0.3) is 0 Å². The molecule has 44 valence electrons. The van der Waals surface area contributed by atoms with Gasteiger partial charge in [-0.2, -0.15) is 0 Å². The first-order valence-corrected chi connectivity index (χ1v) is 2.47. The van der Waals surface area contributed by atoms with Crippen LogP contribution in [0.1, 0.15) is 13.8 Å². The Morgan fingerprint density at radius 2 is 1.86 bits per heavy atom. The molecule has 0 spiro atoms. The molecule has 0 rings (SSSR count). The molecule has 2 heteroatoms. The van der Waals surface area contributed by atoms with E-state index in [0.29, 0.717) is 0 Å². The number of aliphatic hydroxyl groups is 2. The van der Waals surface area contributed by atoms with Crippen molar-refractivity contribution in [3.8, 4) is 0 Å². The molecular weight excluding hydrogens is 92.1 g/mol. The fraction of sp³-hybridized carbons (Fsp3) is 1.00. The first-order chi connectivity index (χ1) is 3.18. The number of hydrogen-bond acceptors (Lipinski definition) is 2. The van der Waals surface area contributed by atoms with Crippen molar-refractivity contribution in [2.24, 2.45) is 5.92 Å². The minimum atomic E-state index is -0.384. The standard InChI is InChI=1S/C5H12O2/c1-4(3-6)5(2)7/h4-7H,3H2,1-2H3/t4?,5-/m1/s1. The minimum Gasteiger partial charge on any atom is -0.396 e. The normalized spacial score (nSPS) is 18.9. The maximum absolute atomic E-state index is 8.66. The Morgan fingerprint density at radius 3 is 1.86 bits per heavy atom. The molecule has 0 fully saturated rings. The molecule has 2 N–H and O–H groups in total. The van der Waals surface area contributed by atoms with E-state index in [-0.39, 0.29) is 18.6 Å². The summed E-state index contributed by atoms with van der Waals surface area (Å²) in [5.41, 5.74) is 0. The van der Waals surface area contributed by atoms with E-state index in [1.165, 1.54) is 0 Å². The summed E-state index contributed by atoms with van der Waals surface area (Å²) in [4.78, 5) is 0. The maximum Gasteiger partial charge on any atom is 0.0559 e. The third kappa shape index (κ3) is 2.60. The Hall–Kier alpha value is -0.0800. The third-order valence-electron chi connectivity index (χ3n) is 1.11. The summed E-state index contributed by atoms with van der Waals surface area (Å²) >= 11 is 0. The first-order valence-electron chi connectivity index (χ1n) is 2.47. The van der Waals surface area contributed by atoms with Gasteiger partial charge in [-0.05, 0) is 6.92 Å². The second-order valence-corrected chi connectivity index (χ2v) is 1.90. The predicted octanol–water partition coefficient (Wildman–Crippen LogP) is -0.00440. The zero-order chi connectivity index (χ0) is 5.86. The number of rotatable bonds is 2. The van der Waals surface area contributed by atoms with E-state index in [9.17, 15) is 0 Å². The van der Waals surface area contributed by atoms with E-state index in [4.69, 9.17) is 10.2 Å². The molecule has 0 heterocycles. The van der Waals surface area contributed by atoms with Crippen LogP contribution >= 0.6 is 0 Å². The van der Waals surface area contributed by atoms with Crippen LogP contribution in [0, 0.1) is 5.92 Å². The molecule has 0 aromatic heterocycles. The molecule has 0 saturated heterocycles. The van der Waals surface area contributed by atoms with E-state index >= 15 is 0 Å². The van der Waals surface area contributed by atoms with Crippen LogP contribution in [0.2, 0.25) is 0 Å². The van der Waals surface area contributed by atoms with Crippen molar-refractivity contribution in [3.05, 3.63) is 0 Å². The average molecular weight is 104 g/mol. The van der Waals surface area contributed by atoms with Gasteiger partial charge in [0.1, 0.15) is 0 Å². The molecule has 0 aliphatic rings. The van der Waals surface area contributed by atoms with Gasteiger partial charge in [-0.15, -0.1) is 0 Å². The summed E-state index contributed by atoms with van der Waals surface area (Å²) in [5, 5.41) is 17.0. The van der Waals surface area contributed by atoms with Crippen LogP contribution in [0.5, 0.6) is 0 Å². The second-order valence-electron chi connectivity index (χ2n) is 1.90. The van der Waals surface area contributed by atoms with Crippen molar-refractivity contribution in [3.63, 3.8) is 0 Å². The van der Waals surface area contributed by atoms with E-state index in [1.807, 2.05) is 0 Å². The van der Waals surface area contributed by atoms with Crippen molar-refractivity contribution < 1.29 is 10.2 Å². The van der Waals surface area contributed by atoms with Crippen LogP contribution < -0.4 is 0 Å². The SMILES string of the molecule is CC(CO)[C@@H](C)O. The summed E-state index contributed by atoms with van der Waals surface area (Å²) in [5.74, 6) is 0.0139. The highest BCUT2D eigenvalue weighted by Crippen LogP contribution is 1.97. The summed E-state index contributed by atoms with van der Waals surface area (Å²) in [6, 6.07) is 0. The van der Waals surface area contributed by atoms with Crippen LogP contribution in [0.3, 0.4) is 0 Å². The fourth-order valence-electron chi connectivity index (χ4n) is 0.153. The highest BCUT2D eigenvalue weighted by atomic mass is 16.3. The van der Waals surface area contributed by atoms with Crippen LogP contribution in [0.4, 0.5) is 0 Å². The smallest absolute Gasteiger partial charge is 0.0559 e. The van der Waals surface area contributed by atoms with Gasteiger partial charge >= 0.3 is 0 Å². The molecule has 0 aromatic rings. The van der Waals surface area contributed by atoms with Crippen molar-refractivity contribution in [1.82, 2.24) is 0 Å².